The summed E-state index contributed by atoms with van der Waals surface area (Å²) < 4.78 is 5.32. The highest BCUT2D eigenvalue weighted by Crippen LogP contribution is 2.18. The number of carbonyl (C=O) groups is 2. The van der Waals surface area contributed by atoms with Gasteiger partial charge in [0.05, 0.1) is 19.3 Å². The quantitative estimate of drug-likeness (QED) is 0.659. The Labute approximate surface area is 131 Å². The van der Waals surface area contributed by atoms with Gasteiger partial charge in [0.1, 0.15) is 0 Å². The van der Waals surface area contributed by atoms with Crippen LogP contribution in [-0.4, -0.2) is 98.1 Å². The van der Waals surface area contributed by atoms with Crippen molar-refractivity contribution in [3.05, 3.63) is 0 Å². The lowest BCUT2D eigenvalue weighted by Gasteiger charge is -2.42. The first-order chi connectivity index (χ1) is 10.8. The van der Waals surface area contributed by atoms with Crippen LogP contribution in [0.1, 0.15) is 12.8 Å². The molecular formula is C15H26N4O3. The van der Waals surface area contributed by atoms with Crippen molar-refractivity contribution in [2.75, 3.05) is 59.0 Å². The summed E-state index contributed by atoms with van der Waals surface area (Å²) >= 11 is 0. The molecule has 0 aromatic rings. The largest absolute Gasteiger partial charge is 0.378 e. The second kappa shape index (κ2) is 7.39. The Morgan fingerprint density at radius 1 is 1.09 bits per heavy atom. The number of morpholine rings is 1. The predicted octanol–water partition coefficient (Wildman–Crippen LogP) is -1.26. The number of rotatable bonds is 3. The molecular weight excluding hydrogens is 284 g/mol. The molecule has 3 aliphatic rings. The molecule has 0 spiro atoms. The molecule has 3 heterocycles. The molecule has 2 amide bonds. The highest BCUT2D eigenvalue weighted by Gasteiger charge is 2.33. The number of carbonyl (C=O) groups excluding carboxylic acids is 2. The summed E-state index contributed by atoms with van der Waals surface area (Å²) in [5.74, 6) is 0.207. The van der Waals surface area contributed by atoms with E-state index in [2.05, 4.69) is 10.2 Å². The van der Waals surface area contributed by atoms with Crippen molar-refractivity contribution in [2.45, 2.75) is 24.9 Å². The molecule has 124 valence electrons. The maximum atomic E-state index is 12.6. The Morgan fingerprint density at radius 3 is 2.50 bits per heavy atom. The number of ether oxygens (including phenoxy) is 1. The van der Waals surface area contributed by atoms with Gasteiger partial charge in [-0.1, -0.05) is 0 Å². The maximum absolute atomic E-state index is 12.6. The summed E-state index contributed by atoms with van der Waals surface area (Å²) in [6.45, 7) is 6.98. The molecule has 0 aliphatic carbocycles. The third-order valence-electron chi connectivity index (χ3n) is 4.99. The van der Waals surface area contributed by atoms with Crippen molar-refractivity contribution in [3.8, 4) is 0 Å². The van der Waals surface area contributed by atoms with Crippen molar-refractivity contribution in [2.24, 2.45) is 0 Å². The number of likely N-dealkylation sites (tertiary alicyclic amines) is 1. The molecule has 0 bridgehead atoms. The number of piperazine rings is 1. The van der Waals surface area contributed by atoms with Gasteiger partial charge in [0, 0.05) is 51.9 Å². The zero-order valence-electron chi connectivity index (χ0n) is 13.1. The Kier molecular flexibility index (Phi) is 5.28. The Hall–Kier alpha value is -1.18. The minimum absolute atomic E-state index is 0.101. The first-order valence-corrected chi connectivity index (χ1v) is 8.31. The lowest BCUT2D eigenvalue weighted by molar-refractivity contribution is -0.139. The van der Waals surface area contributed by atoms with Gasteiger partial charge in [0.2, 0.25) is 12.3 Å². The van der Waals surface area contributed by atoms with Crippen molar-refractivity contribution in [1.82, 2.24) is 20.0 Å². The first-order valence-electron chi connectivity index (χ1n) is 8.31. The fourth-order valence-corrected chi connectivity index (χ4v) is 3.63. The standard InChI is InChI=1S/C15H26N4O3/c20-12-17-4-1-13(2-5-17)19-6-3-16-14(11-19)15(21)18-7-9-22-10-8-18/h12-14,16H,1-11H2. The van der Waals surface area contributed by atoms with Crippen molar-refractivity contribution < 1.29 is 14.3 Å². The fourth-order valence-electron chi connectivity index (χ4n) is 3.63. The lowest BCUT2D eigenvalue weighted by atomic mass is 10.0. The van der Waals surface area contributed by atoms with E-state index < -0.39 is 0 Å². The smallest absolute Gasteiger partial charge is 0.241 e. The van der Waals surface area contributed by atoms with E-state index >= 15 is 0 Å². The van der Waals surface area contributed by atoms with Gasteiger partial charge in [-0.15, -0.1) is 0 Å². The molecule has 0 aromatic carbocycles. The summed E-state index contributed by atoms with van der Waals surface area (Å²) in [6.07, 6.45) is 2.97. The van der Waals surface area contributed by atoms with Gasteiger partial charge < -0.3 is 19.9 Å². The average molecular weight is 310 g/mol. The molecule has 0 radical (unpaired) electrons. The molecule has 3 rings (SSSR count). The third kappa shape index (κ3) is 3.59. The van der Waals surface area contributed by atoms with Crippen LogP contribution < -0.4 is 5.32 Å². The minimum Gasteiger partial charge on any atom is -0.378 e. The predicted molar refractivity (Wildman–Crippen MR) is 81.4 cm³/mol. The van der Waals surface area contributed by atoms with E-state index in [1.54, 1.807) is 0 Å². The topological polar surface area (TPSA) is 65.1 Å². The van der Waals surface area contributed by atoms with Gasteiger partial charge in [-0.05, 0) is 12.8 Å². The van der Waals surface area contributed by atoms with Gasteiger partial charge in [0.15, 0.2) is 0 Å². The van der Waals surface area contributed by atoms with E-state index in [1.807, 2.05) is 9.80 Å². The van der Waals surface area contributed by atoms with Crippen LogP contribution in [0.4, 0.5) is 0 Å². The zero-order chi connectivity index (χ0) is 15.4. The fraction of sp³-hybridized carbons (Fsp3) is 0.867. The first kappa shape index (κ1) is 15.7. The van der Waals surface area contributed by atoms with Crippen LogP contribution in [0.2, 0.25) is 0 Å². The van der Waals surface area contributed by atoms with Gasteiger partial charge in [0.25, 0.3) is 0 Å². The van der Waals surface area contributed by atoms with Gasteiger partial charge in [-0.2, -0.15) is 0 Å². The Morgan fingerprint density at radius 2 is 1.82 bits per heavy atom. The van der Waals surface area contributed by atoms with Crippen molar-refractivity contribution in [3.63, 3.8) is 0 Å². The van der Waals surface area contributed by atoms with Crippen molar-refractivity contribution in [1.29, 1.82) is 0 Å². The molecule has 3 fully saturated rings. The Balaban J connectivity index is 1.52. The number of hydrogen-bond acceptors (Lipinski definition) is 5. The van der Waals surface area contributed by atoms with Crippen LogP contribution in [-0.2, 0) is 14.3 Å². The normalized spacial score (nSPS) is 28.6. The molecule has 1 N–H and O–H groups in total. The summed E-state index contributed by atoms with van der Waals surface area (Å²) in [6, 6.07) is 0.397. The van der Waals surface area contributed by atoms with Gasteiger partial charge in [-0.3, -0.25) is 14.5 Å². The van der Waals surface area contributed by atoms with E-state index in [0.29, 0.717) is 32.3 Å². The highest BCUT2D eigenvalue weighted by molar-refractivity contribution is 5.82. The molecule has 3 saturated heterocycles. The zero-order valence-corrected chi connectivity index (χ0v) is 13.1. The Bertz CT molecular complexity index is 392. The molecule has 7 heteroatoms. The summed E-state index contributed by atoms with van der Waals surface area (Å²) in [5.41, 5.74) is 0. The van der Waals surface area contributed by atoms with E-state index in [-0.39, 0.29) is 11.9 Å². The second-order valence-electron chi connectivity index (χ2n) is 6.31. The number of amides is 2. The minimum atomic E-state index is -0.101. The molecule has 22 heavy (non-hydrogen) atoms. The number of hydrogen-bond donors (Lipinski definition) is 1. The SMILES string of the molecule is O=CN1CCC(N2CCNC(C(=O)N3CCOCC3)C2)CC1. The monoisotopic (exact) mass is 310 g/mol. The van der Waals surface area contributed by atoms with E-state index in [0.717, 1.165) is 52.0 Å². The second-order valence-corrected chi connectivity index (χ2v) is 6.31. The molecule has 1 unspecified atom stereocenters. The van der Waals surface area contributed by atoms with E-state index in [1.165, 1.54) is 0 Å². The average Bonchev–Trinajstić information content (AvgIpc) is 2.62. The lowest BCUT2D eigenvalue weighted by Crippen LogP contribution is -2.61. The third-order valence-corrected chi connectivity index (χ3v) is 4.99. The number of piperidine rings is 1. The van der Waals surface area contributed by atoms with Crippen LogP contribution in [0, 0.1) is 0 Å². The van der Waals surface area contributed by atoms with Crippen LogP contribution >= 0.6 is 0 Å². The molecule has 0 saturated carbocycles. The summed E-state index contributed by atoms with van der Waals surface area (Å²) in [4.78, 5) is 29.6. The molecule has 3 aliphatic heterocycles. The van der Waals surface area contributed by atoms with E-state index in [4.69, 9.17) is 4.74 Å². The van der Waals surface area contributed by atoms with Crippen LogP contribution in [0.25, 0.3) is 0 Å². The molecule has 1 atom stereocenters. The van der Waals surface area contributed by atoms with Crippen molar-refractivity contribution >= 4 is 12.3 Å². The van der Waals surface area contributed by atoms with Crippen LogP contribution in [0.3, 0.4) is 0 Å². The van der Waals surface area contributed by atoms with E-state index in [9.17, 15) is 9.59 Å². The van der Waals surface area contributed by atoms with Gasteiger partial charge in [-0.25, -0.2) is 0 Å². The van der Waals surface area contributed by atoms with Crippen LogP contribution in [0.5, 0.6) is 0 Å². The molecule has 0 aromatic heterocycles. The van der Waals surface area contributed by atoms with Gasteiger partial charge >= 0.3 is 0 Å². The van der Waals surface area contributed by atoms with Crippen LogP contribution in [0.15, 0.2) is 0 Å². The molecule has 7 nitrogen and oxygen atoms in total. The number of nitrogens with one attached hydrogen (secondary N) is 1. The number of nitrogens with zero attached hydrogens (tertiary/aromatic N) is 3. The summed E-state index contributed by atoms with van der Waals surface area (Å²) in [5, 5.41) is 3.36. The maximum Gasteiger partial charge on any atom is 0.241 e. The summed E-state index contributed by atoms with van der Waals surface area (Å²) in [7, 11) is 0. The highest BCUT2D eigenvalue weighted by atomic mass is 16.5.